The summed E-state index contributed by atoms with van der Waals surface area (Å²) in [7, 11) is -2.62. The molecule has 2 heterocycles. The van der Waals surface area contributed by atoms with Crippen LogP contribution < -0.4 is 10.2 Å². The molecule has 2 aromatic carbocycles. The molecule has 14 heteroatoms. The van der Waals surface area contributed by atoms with Crippen LogP contribution in [0.5, 0.6) is 0 Å². The Morgan fingerprint density at radius 3 is 2.27 bits per heavy atom. The number of carbonyl (C=O) groups is 2. The molecule has 3 aromatic rings. The summed E-state index contributed by atoms with van der Waals surface area (Å²) in [5.74, 6) is -5.58. The summed E-state index contributed by atoms with van der Waals surface area (Å²) in [6.07, 6.45) is -4.56. The van der Waals surface area contributed by atoms with Crippen LogP contribution in [0.4, 0.5) is 27.8 Å². The lowest BCUT2D eigenvalue weighted by Gasteiger charge is -2.37. The number of hydrogen-bond acceptors (Lipinski definition) is 5. The van der Waals surface area contributed by atoms with Crippen molar-refractivity contribution in [2.45, 2.75) is 77.1 Å². The second kappa shape index (κ2) is 12.2. The first-order chi connectivity index (χ1) is 20.7. The van der Waals surface area contributed by atoms with E-state index in [1.807, 2.05) is 33.9 Å². The van der Waals surface area contributed by atoms with Gasteiger partial charge in [0.2, 0.25) is 0 Å². The number of nitrogens with zero attached hydrogens (tertiary/aromatic N) is 3. The van der Waals surface area contributed by atoms with Crippen LogP contribution in [0.15, 0.2) is 48.5 Å². The van der Waals surface area contributed by atoms with E-state index in [0.29, 0.717) is 5.56 Å². The molecule has 1 aliphatic heterocycles. The average molecular weight is 653 g/mol. The van der Waals surface area contributed by atoms with E-state index in [-0.39, 0.29) is 41.6 Å². The molecule has 1 atom stereocenters. The molecular weight excluding hydrogens is 615 g/mol. The molecule has 1 amide bonds. The predicted molar refractivity (Wildman–Crippen MR) is 161 cm³/mol. The number of nitrogens with one attached hydrogen (secondary N) is 1. The van der Waals surface area contributed by atoms with E-state index >= 15 is 8.78 Å². The fourth-order valence-electron chi connectivity index (χ4n) is 4.76. The molecule has 0 radical (unpaired) electrons. The van der Waals surface area contributed by atoms with Crippen LogP contribution >= 0.6 is 0 Å². The third-order valence-electron chi connectivity index (χ3n) is 8.43. The van der Waals surface area contributed by atoms with Crippen molar-refractivity contribution in [1.29, 1.82) is 0 Å². The third kappa shape index (κ3) is 7.38. The van der Waals surface area contributed by atoms with Gasteiger partial charge in [0.1, 0.15) is 23.7 Å². The first-order valence-corrected chi connectivity index (χ1v) is 17.3. The summed E-state index contributed by atoms with van der Waals surface area (Å²) in [5, 5.41) is 15.7. The number of anilines is 1. The minimum absolute atomic E-state index is 0.0422. The van der Waals surface area contributed by atoms with Gasteiger partial charge in [-0.25, -0.2) is 9.48 Å². The second-order valence-electron chi connectivity index (χ2n) is 12.8. The maximum absolute atomic E-state index is 16.0. The van der Waals surface area contributed by atoms with Gasteiger partial charge in [-0.2, -0.15) is 27.1 Å². The van der Waals surface area contributed by atoms with Crippen LogP contribution in [0.2, 0.25) is 18.1 Å². The normalized spacial score (nSPS) is 14.8. The third-order valence-corrected chi connectivity index (χ3v) is 12.9. The fraction of sp³-hybridized carbons (Fsp3) is 0.452. The topological polar surface area (TPSA) is 96.7 Å². The average Bonchev–Trinajstić information content (AvgIpc) is 3.52. The Hall–Kier alpha value is -3.78. The Bertz CT molecular complexity index is 1570. The maximum Gasteiger partial charge on any atom is 0.416 e. The summed E-state index contributed by atoms with van der Waals surface area (Å²) in [4.78, 5) is 26.6. The Balaban J connectivity index is 1.72. The number of carboxylic acids is 1. The highest BCUT2D eigenvalue weighted by Crippen LogP contribution is 2.42. The van der Waals surface area contributed by atoms with Crippen LogP contribution in [-0.4, -0.2) is 48.2 Å². The summed E-state index contributed by atoms with van der Waals surface area (Å²) in [5.41, 5.74) is -1.16. The van der Waals surface area contributed by atoms with Crippen molar-refractivity contribution in [2.24, 2.45) is 0 Å². The van der Waals surface area contributed by atoms with E-state index in [0.717, 1.165) is 12.1 Å². The van der Waals surface area contributed by atoms with Crippen molar-refractivity contribution in [1.82, 2.24) is 15.1 Å². The molecule has 0 bridgehead atoms. The van der Waals surface area contributed by atoms with Gasteiger partial charge < -0.3 is 19.7 Å². The largest absolute Gasteiger partial charge is 0.478 e. The van der Waals surface area contributed by atoms with E-state index in [1.54, 1.807) is 11.8 Å². The first kappa shape index (κ1) is 34.1. The van der Waals surface area contributed by atoms with E-state index < -0.39 is 61.8 Å². The second-order valence-corrected chi connectivity index (χ2v) is 17.6. The van der Waals surface area contributed by atoms with Crippen LogP contribution in [0.1, 0.15) is 76.8 Å². The number of carboxylic acid groups (broad SMARTS) is 1. The van der Waals surface area contributed by atoms with E-state index in [1.165, 1.54) is 41.1 Å². The number of aromatic carboxylic acids is 1. The van der Waals surface area contributed by atoms with Crippen LogP contribution in [0.3, 0.4) is 0 Å². The maximum atomic E-state index is 16.0. The smallest absolute Gasteiger partial charge is 0.416 e. The van der Waals surface area contributed by atoms with Gasteiger partial charge in [0.05, 0.1) is 23.7 Å². The Morgan fingerprint density at radius 2 is 1.69 bits per heavy atom. The lowest BCUT2D eigenvalue weighted by atomic mass is 10.0. The number of amides is 1. The summed E-state index contributed by atoms with van der Waals surface area (Å²) in [6.45, 7) is 10.3. The van der Waals surface area contributed by atoms with Gasteiger partial charge in [0.25, 0.3) is 5.91 Å². The van der Waals surface area contributed by atoms with Gasteiger partial charge in [-0.1, -0.05) is 45.0 Å². The van der Waals surface area contributed by atoms with Gasteiger partial charge in [-0.15, -0.1) is 0 Å². The van der Waals surface area contributed by atoms with Gasteiger partial charge in [0, 0.05) is 13.1 Å². The van der Waals surface area contributed by atoms with Gasteiger partial charge in [0.15, 0.2) is 8.32 Å². The fourth-order valence-corrected chi connectivity index (χ4v) is 5.73. The highest BCUT2D eigenvalue weighted by molar-refractivity contribution is 6.74. The SMILES string of the molecule is C[C@H](NC(=O)c1c(C(F)(F)CO[Si](C)(C)C(C)(C)C)nn2c1N(Cc1cccc(C(F)(F)F)c1)CC2)c1ccc(C(=O)O)cc1. The first-order valence-electron chi connectivity index (χ1n) is 14.4. The lowest BCUT2D eigenvalue weighted by Crippen LogP contribution is -2.43. The van der Waals surface area contributed by atoms with Gasteiger partial charge >= 0.3 is 18.1 Å². The highest BCUT2D eigenvalue weighted by atomic mass is 28.4. The Kier molecular flexibility index (Phi) is 9.24. The Morgan fingerprint density at radius 1 is 1.04 bits per heavy atom. The number of benzene rings is 2. The lowest BCUT2D eigenvalue weighted by molar-refractivity contribution is -0.137. The predicted octanol–water partition coefficient (Wildman–Crippen LogP) is 7.22. The summed E-state index contributed by atoms with van der Waals surface area (Å²) >= 11 is 0. The molecule has 2 N–H and O–H groups in total. The molecule has 4 rings (SSSR count). The van der Waals surface area contributed by atoms with Crippen molar-refractivity contribution in [3.63, 3.8) is 0 Å². The van der Waals surface area contributed by atoms with Crippen LogP contribution in [-0.2, 0) is 29.6 Å². The zero-order valence-corrected chi connectivity index (χ0v) is 26.9. The highest BCUT2D eigenvalue weighted by Gasteiger charge is 2.47. The molecule has 244 valence electrons. The number of fused-ring (bicyclic) bond motifs is 1. The van der Waals surface area contributed by atoms with Gasteiger partial charge in [-0.05, 0) is 60.4 Å². The molecule has 45 heavy (non-hydrogen) atoms. The molecule has 0 spiro atoms. The molecule has 1 aromatic heterocycles. The van der Waals surface area contributed by atoms with E-state index in [9.17, 15) is 27.9 Å². The monoisotopic (exact) mass is 652 g/mol. The molecule has 0 unspecified atom stereocenters. The zero-order valence-electron chi connectivity index (χ0n) is 25.9. The van der Waals surface area contributed by atoms with Crippen molar-refractivity contribution < 1.29 is 41.1 Å². The molecule has 0 aliphatic carbocycles. The minimum atomic E-state index is -4.56. The number of aromatic nitrogens is 2. The van der Waals surface area contributed by atoms with Crippen LogP contribution in [0, 0.1) is 0 Å². The quantitative estimate of drug-likeness (QED) is 0.177. The van der Waals surface area contributed by atoms with E-state index in [2.05, 4.69) is 10.4 Å². The van der Waals surface area contributed by atoms with Crippen molar-refractivity contribution in [2.75, 3.05) is 18.1 Å². The number of alkyl halides is 5. The molecular formula is C31H37F5N4O4Si. The number of hydrogen-bond donors (Lipinski definition) is 2. The summed E-state index contributed by atoms with van der Waals surface area (Å²) < 4.78 is 79.3. The molecule has 1 aliphatic rings. The molecule has 0 saturated heterocycles. The molecule has 8 nitrogen and oxygen atoms in total. The Labute approximate surface area is 259 Å². The van der Waals surface area contributed by atoms with Crippen molar-refractivity contribution >= 4 is 26.0 Å². The number of carbonyl (C=O) groups excluding carboxylic acids is 1. The standard InChI is InChI=1S/C31H37F5N4O4Si/c1-19(21-10-12-22(13-11-21)28(42)43)37-26(41)24-25(30(32,33)18-44-45(5,6)29(2,3)4)38-40-15-14-39(27(24)40)17-20-8-7-9-23(16-20)31(34,35)36/h7-13,16,19H,14-15,17-18H2,1-6H3,(H,37,41)(H,42,43)/t19-/m0/s1. The molecule has 0 saturated carbocycles. The summed E-state index contributed by atoms with van der Waals surface area (Å²) in [6, 6.07) is 9.76. The van der Waals surface area contributed by atoms with Gasteiger partial charge in [-0.3, -0.25) is 4.79 Å². The number of halogens is 5. The van der Waals surface area contributed by atoms with E-state index in [4.69, 9.17) is 4.43 Å². The van der Waals surface area contributed by atoms with Crippen molar-refractivity contribution in [3.8, 4) is 0 Å². The van der Waals surface area contributed by atoms with Crippen LogP contribution in [0.25, 0.3) is 0 Å². The van der Waals surface area contributed by atoms with Crippen molar-refractivity contribution in [3.05, 3.63) is 82.0 Å². The molecule has 0 fully saturated rings. The number of rotatable bonds is 10. The zero-order chi connectivity index (χ0) is 33.5. The minimum Gasteiger partial charge on any atom is -0.478 e.